The van der Waals surface area contributed by atoms with Crippen LogP contribution in [0.25, 0.3) is 0 Å². The van der Waals surface area contributed by atoms with E-state index >= 15 is 0 Å². The summed E-state index contributed by atoms with van der Waals surface area (Å²) in [6.07, 6.45) is 2.49. The second-order valence-corrected chi connectivity index (χ2v) is 10.9. The number of oxime groups is 1. The molecule has 5 atom stereocenters. The normalized spacial score (nSPS) is 26.1. The fraction of sp³-hybridized carbons (Fsp3) is 0.375. The third kappa shape index (κ3) is 4.82. The van der Waals surface area contributed by atoms with Gasteiger partial charge in [0, 0.05) is 5.92 Å². The number of ether oxygens (including phenoxy) is 1. The van der Waals surface area contributed by atoms with Crippen LogP contribution in [0.1, 0.15) is 68.7 Å². The van der Waals surface area contributed by atoms with Gasteiger partial charge in [0.1, 0.15) is 6.10 Å². The van der Waals surface area contributed by atoms with Crippen LogP contribution in [0.3, 0.4) is 0 Å². The molecule has 4 heteroatoms. The molecule has 0 N–H and O–H groups in total. The van der Waals surface area contributed by atoms with Crippen LogP contribution in [0.15, 0.2) is 96.2 Å². The van der Waals surface area contributed by atoms with E-state index in [1.165, 1.54) is 5.56 Å². The van der Waals surface area contributed by atoms with E-state index < -0.39 is 0 Å². The first-order valence-electron chi connectivity index (χ1n) is 13.0. The van der Waals surface area contributed by atoms with E-state index in [4.69, 9.17) is 9.57 Å². The van der Waals surface area contributed by atoms with E-state index in [-0.39, 0.29) is 35.4 Å². The summed E-state index contributed by atoms with van der Waals surface area (Å²) in [7, 11) is 0. The van der Waals surface area contributed by atoms with E-state index in [2.05, 4.69) is 50.2 Å². The predicted molar refractivity (Wildman–Crippen MR) is 143 cm³/mol. The molecule has 1 aliphatic carbocycles. The topological polar surface area (TPSA) is 47.9 Å². The Hall–Kier alpha value is -3.40. The smallest absolute Gasteiger partial charge is 0.357 e. The molecule has 0 spiro atoms. The van der Waals surface area contributed by atoms with Gasteiger partial charge in [-0.3, -0.25) is 0 Å². The van der Waals surface area contributed by atoms with Gasteiger partial charge in [-0.2, -0.15) is 0 Å². The molecule has 1 fully saturated rings. The van der Waals surface area contributed by atoms with Crippen LogP contribution in [0.2, 0.25) is 0 Å². The van der Waals surface area contributed by atoms with Crippen LogP contribution in [0, 0.1) is 11.8 Å². The molecule has 186 valence electrons. The molecular formula is C32H35NO3. The maximum absolute atomic E-state index is 13.8. The minimum atomic E-state index is -0.366. The Kier molecular flexibility index (Phi) is 6.95. The third-order valence-corrected chi connectivity index (χ3v) is 8.12. The number of carbonyl (C=O) groups excluding carboxylic acids is 1. The minimum absolute atomic E-state index is 0.119. The van der Waals surface area contributed by atoms with Gasteiger partial charge in [0.15, 0.2) is 11.8 Å². The van der Waals surface area contributed by atoms with Crippen LogP contribution in [-0.4, -0.2) is 17.8 Å². The van der Waals surface area contributed by atoms with Crippen molar-refractivity contribution < 1.29 is 14.4 Å². The highest BCUT2D eigenvalue weighted by molar-refractivity contribution is 6.39. The maximum atomic E-state index is 13.8. The summed E-state index contributed by atoms with van der Waals surface area (Å²) >= 11 is 0. The molecule has 2 aliphatic rings. The molecule has 0 aromatic heterocycles. The number of esters is 1. The highest BCUT2D eigenvalue weighted by atomic mass is 16.6. The summed E-state index contributed by atoms with van der Waals surface area (Å²) in [6.45, 7) is 6.80. The molecule has 0 saturated heterocycles. The zero-order valence-corrected chi connectivity index (χ0v) is 21.3. The largest absolute Gasteiger partial charge is 0.457 e. The van der Waals surface area contributed by atoms with Crippen molar-refractivity contribution in [2.75, 3.05) is 0 Å². The van der Waals surface area contributed by atoms with Crippen molar-refractivity contribution in [3.05, 3.63) is 108 Å². The van der Waals surface area contributed by atoms with E-state index in [0.29, 0.717) is 11.6 Å². The lowest BCUT2D eigenvalue weighted by atomic mass is 9.64. The van der Waals surface area contributed by atoms with Crippen molar-refractivity contribution in [1.82, 2.24) is 0 Å². The van der Waals surface area contributed by atoms with Gasteiger partial charge in [-0.05, 0) is 40.9 Å². The molecule has 0 radical (unpaired) electrons. The number of hydrogen-bond acceptors (Lipinski definition) is 4. The lowest BCUT2D eigenvalue weighted by molar-refractivity contribution is -0.148. The van der Waals surface area contributed by atoms with Gasteiger partial charge >= 0.3 is 5.97 Å². The van der Waals surface area contributed by atoms with E-state index in [1.54, 1.807) is 0 Å². The first-order chi connectivity index (χ1) is 17.4. The Morgan fingerprint density at radius 3 is 2.08 bits per heavy atom. The molecule has 3 aromatic carbocycles. The van der Waals surface area contributed by atoms with E-state index in [0.717, 1.165) is 30.4 Å². The van der Waals surface area contributed by atoms with Gasteiger partial charge in [-0.15, -0.1) is 0 Å². The molecule has 1 heterocycles. The maximum Gasteiger partial charge on any atom is 0.357 e. The van der Waals surface area contributed by atoms with Crippen LogP contribution in [0.4, 0.5) is 0 Å². The SMILES string of the molecule is C[C@@H]1CC[C@@H](C(C)(C)c2ccccc2)[C@H](OC(=O)C2=NO[C@H](c3ccccc3)[C@H]2c2ccccc2)C1. The molecular weight excluding hydrogens is 446 g/mol. The number of nitrogens with zero attached hydrogens (tertiary/aromatic N) is 1. The summed E-state index contributed by atoms with van der Waals surface area (Å²) in [4.78, 5) is 19.7. The minimum Gasteiger partial charge on any atom is -0.457 e. The molecule has 0 unspecified atom stereocenters. The summed E-state index contributed by atoms with van der Waals surface area (Å²) in [5, 5.41) is 4.32. The quantitative estimate of drug-likeness (QED) is 0.349. The molecule has 1 saturated carbocycles. The van der Waals surface area contributed by atoms with Crippen molar-refractivity contribution in [3.63, 3.8) is 0 Å². The second kappa shape index (κ2) is 10.3. The molecule has 5 rings (SSSR count). The van der Waals surface area contributed by atoms with Gasteiger partial charge in [-0.25, -0.2) is 4.79 Å². The monoisotopic (exact) mass is 481 g/mol. The fourth-order valence-corrected chi connectivity index (χ4v) is 5.99. The van der Waals surface area contributed by atoms with Crippen LogP contribution in [0.5, 0.6) is 0 Å². The molecule has 0 amide bonds. The van der Waals surface area contributed by atoms with Gasteiger partial charge in [-0.1, -0.05) is 123 Å². The fourth-order valence-electron chi connectivity index (χ4n) is 5.99. The Balaban J connectivity index is 1.42. The van der Waals surface area contributed by atoms with Crippen LogP contribution in [-0.2, 0) is 19.8 Å². The van der Waals surface area contributed by atoms with Crippen molar-refractivity contribution in [3.8, 4) is 0 Å². The van der Waals surface area contributed by atoms with Crippen molar-refractivity contribution in [1.29, 1.82) is 0 Å². The van der Waals surface area contributed by atoms with Crippen LogP contribution < -0.4 is 0 Å². The highest BCUT2D eigenvalue weighted by Crippen LogP contribution is 2.45. The Morgan fingerprint density at radius 1 is 0.861 bits per heavy atom. The highest BCUT2D eigenvalue weighted by Gasteiger charge is 2.45. The predicted octanol–water partition coefficient (Wildman–Crippen LogP) is 7.22. The standard InChI is InChI=1S/C32H35NO3/c1-22-19-20-26(32(2,3)25-17-11-6-12-18-25)27(21-22)35-31(34)29-28(23-13-7-4-8-14-23)30(36-33-29)24-15-9-5-10-16-24/h4-18,22,26-28,30H,19-21H2,1-3H3/t22-,26-,27-,28+,30-/m1/s1. The Morgan fingerprint density at radius 2 is 1.44 bits per heavy atom. The zero-order valence-electron chi connectivity index (χ0n) is 21.3. The molecule has 0 bridgehead atoms. The third-order valence-electron chi connectivity index (χ3n) is 8.12. The van der Waals surface area contributed by atoms with Gasteiger partial charge in [0.2, 0.25) is 0 Å². The average Bonchev–Trinajstić information content (AvgIpc) is 3.36. The number of benzene rings is 3. The Labute approximate surface area is 214 Å². The first-order valence-corrected chi connectivity index (χ1v) is 13.0. The van der Waals surface area contributed by atoms with Gasteiger partial charge in [0.25, 0.3) is 0 Å². The second-order valence-electron chi connectivity index (χ2n) is 10.9. The average molecular weight is 482 g/mol. The summed E-state index contributed by atoms with van der Waals surface area (Å²) in [6, 6.07) is 30.6. The lowest BCUT2D eigenvalue weighted by Gasteiger charge is -2.44. The number of carbonyl (C=O) groups is 1. The lowest BCUT2D eigenvalue weighted by Crippen LogP contribution is -2.44. The molecule has 36 heavy (non-hydrogen) atoms. The van der Waals surface area contributed by atoms with E-state index in [9.17, 15) is 4.79 Å². The van der Waals surface area contributed by atoms with Crippen LogP contribution >= 0.6 is 0 Å². The molecule has 3 aromatic rings. The van der Waals surface area contributed by atoms with Gasteiger partial charge in [0.05, 0.1) is 5.92 Å². The molecule has 1 aliphatic heterocycles. The van der Waals surface area contributed by atoms with Gasteiger partial charge < -0.3 is 9.57 Å². The van der Waals surface area contributed by atoms with Crippen molar-refractivity contribution >= 4 is 11.7 Å². The van der Waals surface area contributed by atoms with E-state index in [1.807, 2.05) is 66.7 Å². The first kappa shape index (κ1) is 24.3. The number of rotatable bonds is 6. The van der Waals surface area contributed by atoms with Crippen molar-refractivity contribution in [2.24, 2.45) is 17.0 Å². The Bertz CT molecular complexity index is 1190. The summed E-state index contributed by atoms with van der Waals surface area (Å²) in [5.41, 5.74) is 3.50. The summed E-state index contributed by atoms with van der Waals surface area (Å²) < 4.78 is 6.35. The zero-order chi connectivity index (χ0) is 25.1. The molecule has 4 nitrogen and oxygen atoms in total. The van der Waals surface area contributed by atoms with Crippen molar-refractivity contribution in [2.45, 2.75) is 63.6 Å². The number of hydrogen-bond donors (Lipinski definition) is 0. The summed E-state index contributed by atoms with van der Waals surface area (Å²) in [5.74, 6) is 0.0513.